The van der Waals surface area contributed by atoms with Crippen LogP contribution in [0, 0.1) is 16.7 Å². The third kappa shape index (κ3) is 2.28. The fourth-order valence-electron chi connectivity index (χ4n) is 1.65. The van der Waals surface area contributed by atoms with E-state index in [9.17, 15) is 4.79 Å². The average molecular weight is 180 g/mol. The lowest BCUT2D eigenvalue weighted by Crippen LogP contribution is -2.49. The van der Waals surface area contributed by atoms with Crippen molar-refractivity contribution in [1.82, 2.24) is 5.32 Å². The van der Waals surface area contributed by atoms with Crippen LogP contribution < -0.4 is 5.32 Å². The van der Waals surface area contributed by atoms with Crippen LogP contribution in [0.15, 0.2) is 0 Å². The van der Waals surface area contributed by atoms with Crippen LogP contribution in [0.5, 0.6) is 0 Å². The molecular formula is C10H16N2O. The second kappa shape index (κ2) is 3.89. The first-order chi connectivity index (χ1) is 6.08. The molecule has 13 heavy (non-hydrogen) atoms. The minimum atomic E-state index is -0.303. The zero-order chi connectivity index (χ0) is 9.90. The van der Waals surface area contributed by atoms with Crippen molar-refractivity contribution in [1.29, 1.82) is 5.26 Å². The highest BCUT2D eigenvalue weighted by molar-refractivity contribution is 5.86. The third-order valence-corrected chi connectivity index (χ3v) is 2.79. The van der Waals surface area contributed by atoms with Crippen molar-refractivity contribution in [3.05, 3.63) is 0 Å². The summed E-state index contributed by atoms with van der Waals surface area (Å²) in [6, 6.07) is 2.39. The first-order valence-corrected chi connectivity index (χ1v) is 4.72. The van der Waals surface area contributed by atoms with Gasteiger partial charge < -0.3 is 5.32 Å². The summed E-state index contributed by atoms with van der Waals surface area (Å²) in [5.41, 5.74) is -0.303. The van der Waals surface area contributed by atoms with Crippen LogP contribution >= 0.6 is 0 Å². The molecule has 0 saturated carbocycles. The number of hydrogen-bond acceptors (Lipinski definition) is 3. The quantitative estimate of drug-likeness (QED) is 0.695. The van der Waals surface area contributed by atoms with E-state index in [0.717, 1.165) is 0 Å². The van der Waals surface area contributed by atoms with Gasteiger partial charge in [-0.2, -0.15) is 5.26 Å². The van der Waals surface area contributed by atoms with E-state index in [4.69, 9.17) is 5.26 Å². The molecule has 1 aliphatic rings. The molecule has 0 amide bonds. The summed E-state index contributed by atoms with van der Waals surface area (Å²) in [5.74, 6) is 0.300. The van der Waals surface area contributed by atoms with Crippen molar-refractivity contribution < 1.29 is 4.79 Å². The Morgan fingerprint density at radius 2 is 2.46 bits per heavy atom. The van der Waals surface area contributed by atoms with Gasteiger partial charge in [-0.3, -0.25) is 4.79 Å². The van der Waals surface area contributed by atoms with Crippen molar-refractivity contribution in [3.63, 3.8) is 0 Å². The largest absolute Gasteiger partial charge is 0.313 e. The molecule has 3 nitrogen and oxygen atoms in total. The van der Waals surface area contributed by atoms with E-state index < -0.39 is 0 Å². The Morgan fingerprint density at radius 1 is 1.77 bits per heavy atom. The number of carbonyl (C=O) groups excluding carboxylic acids is 1. The molecule has 1 fully saturated rings. The third-order valence-electron chi connectivity index (χ3n) is 2.79. The van der Waals surface area contributed by atoms with Crippen LogP contribution in [0.1, 0.15) is 33.1 Å². The summed E-state index contributed by atoms with van der Waals surface area (Å²) >= 11 is 0. The highest BCUT2D eigenvalue weighted by Gasteiger charge is 2.36. The van der Waals surface area contributed by atoms with Crippen LogP contribution in [0.2, 0.25) is 0 Å². The number of Topliss-reactive ketones (excluding diaryl/α,β-unsaturated/α-hetero) is 1. The maximum atomic E-state index is 11.7. The minimum absolute atomic E-state index is 0.294. The number of ketones is 1. The molecule has 1 N–H and O–H groups in total. The van der Waals surface area contributed by atoms with Crippen LogP contribution in [0.25, 0.3) is 0 Å². The molecule has 0 aromatic carbocycles. The molecule has 0 aromatic heterocycles. The number of nitrogens with zero attached hydrogens (tertiary/aromatic N) is 1. The van der Waals surface area contributed by atoms with Gasteiger partial charge in [-0.1, -0.05) is 6.92 Å². The Hall–Kier alpha value is -0.880. The van der Waals surface area contributed by atoms with Crippen LogP contribution in [-0.2, 0) is 4.79 Å². The Morgan fingerprint density at radius 3 is 3.00 bits per heavy atom. The van der Waals surface area contributed by atoms with Gasteiger partial charge in [0.1, 0.15) is 5.78 Å². The molecule has 0 radical (unpaired) electrons. The number of nitriles is 1. The molecule has 0 spiro atoms. The van der Waals surface area contributed by atoms with E-state index >= 15 is 0 Å². The summed E-state index contributed by atoms with van der Waals surface area (Å²) in [7, 11) is 0. The number of rotatable bonds is 2. The van der Waals surface area contributed by atoms with Gasteiger partial charge in [0.25, 0.3) is 0 Å². The van der Waals surface area contributed by atoms with E-state index in [-0.39, 0.29) is 5.41 Å². The fraction of sp³-hybridized carbons (Fsp3) is 0.800. The van der Waals surface area contributed by atoms with Gasteiger partial charge in [-0.05, 0) is 13.3 Å². The van der Waals surface area contributed by atoms with E-state index in [0.29, 0.717) is 37.6 Å². The molecule has 0 aliphatic carbocycles. The molecule has 1 rings (SSSR count). The highest BCUT2D eigenvalue weighted by Crippen LogP contribution is 2.28. The molecule has 1 heterocycles. The predicted molar refractivity (Wildman–Crippen MR) is 50.0 cm³/mol. The number of hydrogen-bond donors (Lipinski definition) is 1. The van der Waals surface area contributed by atoms with Gasteiger partial charge in [0, 0.05) is 30.8 Å². The van der Waals surface area contributed by atoms with Crippen LogP contribution in [-0.4, -0.2) is 18.4 Å². The lowest BCUT2D eigenvalue weighted by atomic mass is 9.76. The number of nitrogens with one attached hydrogen (secondary N) is 1. The van der Waals surface area contributed by atoms with Gasteiger partial charge in [0.2, 0.25) is 0 Å². The van der Waals surface area contributed by atoms with Gasteiger partial charge >= 0.3 is 0 Å². The average Bonchev–Trinajstić information content (AvgIpc) is 2.09. The van der Waals surface area contributed by atoms with Crippen molar-refractivity contribution in [2.24, 2.45) is 5.41 Å². The van der Waals surface area contributed by atoms with Gasteiger partial charge in [-0.15, -0.1) is 0 Å². The summed E-state index contributed by atoms with van der Waals surface area (Å²) in [5, 5.41) is 11.7. The topological polar surface area (TPSA) is 52.9 Å². The van der Waals surface area contributed by atoms with Crippen LogP contribution in [0.4, 0.5) is 0 Å². The zero-order valence-electron chi connectivity index (χ0n) is 8.26. The monoisotopic (exact) mass is 180 g/mol. The smallest absolute Gasteiger partial charge is 0.141 e. The predicted octanol–water partition coefficient (Wildman–Crippen LogP) is 1.25. The van der Waals surface area contributed by atoms with Crippen LogP contribution in [0.3, 0.4) is 0 Å². The molecule has 0 aromatic rings. The van der Waals surface area contributed by atoms with Crippen molar-refractivity contribution in [2.75, 3.05) is 6.54 Å². The highest BCUT2D eigenvalue weighted by atomic mass is 16.1. The Balaban J connectivity index is 2.58. The summed E-state index contributed by atoms with van der Waals surface area (Å²) in [6.07, 6.45) is 1.75. The SMILES string of the molecule is C[C@@H]1CC(=O)[C@@](C)(CCC#N)CN1. The lowest BCUT2D eigenvalue weighted by Gasteiger charge is -2.35. The maximum Gasteiger partial charge on any atom is 0.141 e. The standard InChI is InChI=1S/C10H16N2O/c1-8-6-9(13)10(2,7-12-8)4-3-5-11/h8,12H,3-4,6-7H2,1-2H3/t8-,10+/m1/s1. The van der Waals surface area contributed by atoms with E-state index in [1.165, 1.54) is 0 Å². The zero-order valence-corrected chi connectivity index (χ0v) is 8.26. The molecule has 2 atom stereocenters. The van der Waals surface area contributed by atoms with E-state index in [2.05, 4.69) is 11.4 Å². The Labute approximate surface area is 79.1 Å². The molecule has 1 aliphatic heterocycles. The second-order valence-electron chi connectivity index (χ2n) is 4.13. The summed E-state index contributed by atoms with van der Waals surface area (Å²) < 4.78 is 0. The number of carbonyl (C=O) groups is 1. The first kappa shape index (κ1) is 10.2. The molecule has 0 bridgehead atoms. The van der Waals surface area contributed by atoms with E-state index in [1.54, 1.807) is 0 Å². The summed E-state index contributed by atoms with van der Waals surface area (Å²) in [4.78, 5) is 11.7. The Kier molecular flexibility index (Phi) is 3.05. The van der Waals surface area contributed by atoms with Crippen molar-refractivity contribution in [3.8, 4) is 6.07 Å². The number of piperidine rings is 1. The molecule has 72 valence electrons. The first-order valence-electron chi connectivity index (χ1n) is 4.72. The van der Waals surface area contributed by atoms with Gasteiger partial charge in [-0.25, -0.2) is 0 Å². The minimum Gasteiger partial charge on any atom is -0.313 e. The molecule has 3 heteroatoms. The lowest BCUT2D eigenvalue weighted by molar-refractivity contribution is -0.130. The summed E-state index contributed by atoms with van der Waals surface area (Å²) in [6.45, 7) is 4.68. The van der Waals surface area contributed by atoms with Gasteiger partial charge in [0.15, 0.2) is 0 Å². The fourth-order valence-corrected chi connectivity index (χ4v) is 1.65. The second-order valence-corrected chi connectivity index (χ2v) is 4.13. The van der Waals surface area contributed by atoms with E-state index in [1.807, 2.05) is 13.8 Å². The van der Waals surface area contributed by atoms with Gasteiger partial charge in [0.05, 0.1) is 6.07 Å². The Bertz CT molecular complexity index is 244. The van der Waals surface area contributed by atoms with Crippen molar-refractivity contribution >= 4 is 5.78 Å². The maximum absolute atomic E-state index is 11.7. The molecule has 1 saturated heterocycles. The van der Waals surface area contributed by atoms with Crippen molar-refractivity contribution in [2.45, 2.75) is 39.2 Å². The molecular weight excluding hydrogens is 164 g/mol. The molecule has 0 unspecified atom stereocenters. The normalized spacial score (nSPS) is 34.2.